The van der Waals surface area contributed by atoms with Crippen LogP contribution in [0.5, 0.6) is 0 Å². The fraction of sp³-hybridized carbons (Fsp3) is 0.143. The van der Waals surface area contributed by atoms with Gasteiger partial charge in [-0.05, 0) is 23.9 Å². The topological polar surface area (TPSA) is 63.8 Å². The lowest BCUT2D eigenvalue weighted by Gasteiger charge is -2.16. The Morgan fingerprint density at radius 2 is 2.21 bits per heavy atom. The number of rotatable bonds is 3. The van der Waals surface area contributed by atoms with E-state index in [1.807, 2.05) is 36.7 Å². The molecule has 3 rings (SSSR count). The van der Waals surface area contributed by atoms with E-state index >= 15 is 0 Å². The summed E-state index contributed by atoms with van der Waals surface area (Å²) in [6.45, 7) is 1.99. The minimum Gasteiger partial charge on any atom is -0.271 e. The summed E-state index contributed by atoms with van der Waals surface area (Å²) in [4.78, 5) is 8.68. The number of nitrogens with one attached hydrogen (secondary N) is 1. The van der Waals surface area contributed by atoms with Crippen LogP contribution in [0.1, 0.15) is 22.3 Å². The summed E-state index contributed by atoms with van der Waals surface area (Å²) in [5.74, 6) is 5.74. The molecule has 0 saturated carbocycles. The van der Waals surface area contributed by atoms with E-state index in [2.05, 4.69) is 21.5 Å². The van der Waals surface area contributed by atoms with Gasteiger partial charge in [0.15, 0.2) is 0 Å². The van der Waals surface area contributed by atoms with Crippen molar-refractivity contribution in [1.29, 1.82) is 0 Å². The highest BCUT2D eigenvalue weighted by Crippen LogP contribution is 2.28. The third-order valence-corrected chi connectivity index (χ3v) is 3.92. The van der Waals surface area contributed by atoms with E-state index in [1.54, 1.807) is 17.5 Å². The maximum Gasteiger partial charge on any atom is 0.0898 e. The average molecular weight is 270 g/mol. The number of fused-ring (bicyclic) bond motifs is 1. The number of aromatic nitrogens is 2. The Morgan fingerprint density at radius 3 is 2.95 bits per heavy atom. The highest BCUT2D eigenvalue weighted by molar-refractivity contribution is 7.09. The largest absolute Gasteiger partial charge is 0.271 e. The van der Waals surface area contributed by atoms with E-state index in [-0.39, 0.29) is 6.04 Å². The van der Waals surface area contributed by atoms with Crippen LogP contribution in [0.4, 0.5) is 0 Å². The van der Waals surface area contributed by atoms with E-state index in [0.29, 0.717) is 0 Å². The molecule has 0 spiro atoms. The van der Waals surface area contributed by atoms with Gasteiger partial charge in [-0.2, -0.15) is 0 Å². The molecule has 0 bridgehead atoms. The Balaban J connectivity index is 2.16. The van der Waals surface area contributed by atoms with Crippen molar-refractivity contribution in [3.63, 3.8) is 0 Å². The molecule has 0 radical (unpaired) electrons. The number of hydrogen-bond donors (Lipinski definition) is 2. The molecular weight excluding hydrogens is 256 g/mol. The van der Waals surface area contributed by atoms with Gasteiger partial charge in [0.1, 0.15) is 0 Å². The molecule has 4 nitrogen and oxygen atoms in total. The molecule has 96 valence electrons. The Bertz CT molecular complexity index is 702. The van der Waals surface area contributed by atoms with Crippen LogP contribution < -0.4 is 11.3 Å². The number of nitrogens with two attached hydrogens (primary N) is 1. The van der Waals surface area contributed by atoms with Crippen molar-refractivity contribution in [3.8, 4) is 0 Å². The molecule has 19 heavy (non-hydrogen) atoms. The molecule has 5 heteroatoms. The van der Waals surface area contributed by atoms with Gasteiger partial charge in [0.25, 0.3) is 0 Å². The first kappa shape index (κ1) is 12.2. The molecule has 2 heterocycles. The number of hydrazine groups is 1. The van der Waals surface area contributed by atoms with Crippen LogP contribution in [0.3, 0.4) is 0 Å². The van der Waals surface area contributed by atoms with Gasteiger partial charge in [0.05, 0.1) is 16.7 Å². The Hall–Kier alpha value is -1.82. The van der Waals surface area contributed by atoms with Crippen LogP contribution >= 0.6 is 11.3 Å². The molecule has 1 unspecified atom stereocenters. The third-order valence-electron chi connectivity index (χ3n) is 3.12. The van der Waals surface area contributed by atoms with Crippen molar-refractivity contribution < 1.29 is 0 Å². The van der Waals surface area contributed by atoms with Gasteiger partial charge in [-0.25, -0.2) is 10.4 Å². The first-order valence-corrected chi connectivity index (χ1v) is 6.88. The summed E-state index contributed by atoms with van der Waals surface area (Å²) in [6.07, 6.45) is 3.66. The first-order valence-electron chi connectivity index (χ1n) is 6.00. The molecule has 0 amide bonds. The predicted molar refractivity (Wildman–Crippen MR) is 77.8 cm³/mol. The Labute approximate surface area is 115 Å². The van der Waals surface area contributed by atoms with Crippen molar-refractivity contribution >= 4 is 22.1 Å². The number of benzene rings is 1. The molecular formula is C14H14N4S. The number of thiazole rings is 1. The minimum atomic E-state index is -0.101. The predicted octanol–water partition coefficient (Wildman–Crippen LogP) is 2.55. The molecule has 1 aromatic carbocycles. The summed E-state index contributed by atoms with van der Waals surface area (Å²) in [7, 11) is 0. The van der Waals surface area contributed by atoms with Crippen LogP contribution in [0.15, 0.2) is 42.0 Å². The van der Waals surface area contributed by atoms with Gasteiger partial charge >= 0.3 is 0 Å². The maximum atomic E-state index is 5.74. The minimum absolute atomic E-state index is 0.101. The highest BCUT2D eigenvalue weighted by Gasteiger charge is 2.17. The van der Waals surface area contributed by atoms with E-state index < -0.39 is 0 Å². The van der Waals surface area contributed by atoms with E-state index in [9.17, 15) is 0 Å². The van der Waals surface area contributed by atoms with E-state index in [1.165, 1.54) is 0 Å². The van der Waals surface area contributed by atoms with Crippen LogP contribution in [0.25, 0.3) is 10.8 Å². The van der Waals surface area contributed by atoms with Crippen LogP contribution in [0, 0.1) is 6.92 Å². The summed E-state index contributed by atoms with van der Waals surface area (Å²) < 4.78 is 0. The second-order valence-electron chi connectivity index (χ2n) is 4.34. The summed E-state index contributed by atoms with van der Waals surface area (Å²) in [5, 5.41) is 5.33. The van der Waals surface area contributed by atoms with Gasteiger partial charge in [0, 0.05) is 23.2 Å². The molecule has 3 aromatic rings. The number of pyridine rings is 1. The lowest BCUT2D eigenvalue weighted by Crippen LogP contribution is -2.29. The van der Waals surface area contributed by atoms with E-state index in [4.69, 9.17) is 5.84 Å². The lowest BCUT2D eigenvalue weighted by molar-refractivity contribution is 0.627. The lowest BCUT2D eigenvalue weighted by atomic mass is 9.99. The Morgan fingerprint density at radius 1 is 1.32 bits per heavy atom. The second kappa shape index (κ2) is 5.05. The number of aryl methyl sites for hydroxylation is 1. The van der Waals surface area contributed by atoms with Crippen molar-refractivity contribution in [1.82, 2.24) is 15.4 Å². The Kier molecular flexibility index (Phi) is 3.25. The van der Waals surface area contributed by atoms with Crippen molar-refractivity contribution in [2.45, 2.75) is 13.0 Å². The normalized spacial score (nSPS) is 12.7. The smallest absolute Gasteiger partial charge is 0.0898 e. The monoisotopic (exact) mass is 270 g/mol. The van der Waals surface area contributed by atoms with E-state index in [0.717, 1.165) is 27.0 Å². The zero-order chi connectivity index (χ0) is 13.2. The molecule has 0 fully saturated rings. The van der Waals surface area contributed by atoms with Crippen LogP contribution in [0.2, 0.25) is 0 Å². The zero-order valence-corrected chi connectivity index (χ0v) is 11.3. The van der Waals surface area contributed by atoms with Crippen molar-refractivity contribution in [3.05, 3.63) is 58.3 Å². The SMILES string of the molecule is Cc1nc(C(NN)c2cccc3cnccc23)cs1. The quantitative estimate of drug-likeness (QED) is 0.567. The molecule has 0 saturated heterocycles. The van der Waals surface area contributed by atoms with Gasteiger partial charge in [0.2, 0.25) is 0 Å². The van der Waals surface area contributed by atoms with Crippen LogP contribution in [-0.4, -0.2) is 9.97 Å². The molecule has 1 atom stereocenters. The van der Waals surface area contributed by atoms with Crippen LogP contribution in [-0.2, 0) is 0 Å². The maximum absolute atomic E-state index is 5.74. The van der Waals surface area contributed by atoms with Gasteiger partial charge in [-0.15, -0.1) is 11.3 Å². The summed E-state index contributed by atoms with van der Waals surface area (Å²) in [5.41, 5.74) is 4.94. The van der Waals surface area contributed by atoms with Gasteiger partial charge in [-0.3, -0.25) is 10.8 Å². The fourth-order valence-electron chi connectivity index (χ4n) is 2.25. The molecule has 0 aliphatic heterocycles. The highest BCUT2D eigenvalue weighted by atomic mass is 32.1. The van der Waals surface area contributed by atoms with Crippen molar-refractivity contribution in [2.24, 2.45) is 5.84 Å². The molecule has 3 N–H and O–H groups in total. The number of hydrogen-bond acceptors (Lipinski definition) is 5. The fourth-order valence-corrected chi connectivity index (χ4v) is 2.88. The van der Waals surface area contributed by atoms with Crippen molar-refractivity contribution in [2.75, 3.05) is 0 Å². The summed E-state index contributed by atoms with van der Waals surface area (Å²) in [6, 6.07) is 8.04. The molecule has 2 aromatic heterocycles. The molecule has 0 aliphatic carbocycles. The molecule has 0 aliphatic rings. The first-order chi connectivity index (χ1) is 9.29. The van der Waals surface area contributed by atoms with Gasteiger partial charge in [-0.1, -0.05) is 18.2 Å². The zero-order valence-electron chi connectivity index (χ0n) is 10.5. The summed E-state index contributed by atoms with van der Waals surface area (Å²) >= 11 is 1.63. The third kappa shape index (κ3) is 2.23. The van der Waals surface area contributed by atoms with Gasteiger partial charge < -0.3 is 0 Å². The second-order valence-corrected chi connectivity index (χ2v) is 5.40. The average Bonchev–Trinajstić information content (AvgIpc) is 2.86. The standard InChI is InChI=1S/C14H14N4S/c1-9-17-13(8-19-9)14(18-15)12-4-2-3-10-7-16-6-5-11(10)12/h2-8,14,18H,15H2,1H3. The number of nitrogens with zero attached hydrogens (tertiary/aromatic N) is 2.